The molecule has 1 fully saturated rings. The van der Waals surface area contributed by atoms with Gasteiger partial charge in [0.25, 0.3) is 5.91 Å². The number of rotatable bonds is 2. The highest BCUT2D eigenvalue weighted by Gasteiger charge is 2.25. The molecule has 0 radical (unpaired) electrons. The number of hydrogen-bond donors (Lipinski definition) is 1. The molecule has 0 spiro atoms. The summed E-state index contributed by atoms with van der Waals surface area (Å²) in [6.07, 6.45) is 4.01. The second-order valence-corrected chi connectivity index (χ2v) is 5.46. The minimum Gasteiger partial charge on any atom is -0.348 e. The van der Waals surface area contributed by atoms with E-state index in [2.05, 4.69) is 5.32 Å². The van der Waals surface area contributed by atoms with Gasteiger partial charge in [-0.15, -0.1) is 11.6 Å². The molecule has 0 saturated heterocycles. The highest BCUT2D eigenvalue weighted by molar-refractivity contribution is 6.21. The van der Waals surface area contributed by atoms with Gasteiger partial charge in [-0.2, -0.15) is 0 Å². The van der Waals surface area contributed by atoms with Gasteiger partial charge in [-0.25, -0.2) is 4.39 Å². The van der Waals surface area contributed by atoms with Crippen molar-refractivity contribution in [1.29, 1.82) is 0 Å². The fourth-order valence-electron chi connectivity index (χ4n) is 2.37. The van der Waals surface area contributed by atoms with Gasteiger partial charge in [-0.3, -0.25) is 4.79 Å². The summed E-state index contributed by atoms with van der Waals surface area (Å²) in [6.45, 7) is 1.77. The van der Waals surface area contributed by atoms with Crippen molar-refractivity contribution in [2.45, 2.75) is 44.0 Å². The normalized spacial score (nSPS) is 23.7. The average molecular weight is 270 g/mol. The van der Waals surface area contributed by atoms with E-state index in [1.807, 2.05) is 0 Å². The van der Waals surface area contributed by atoms with Crippen molar-refractivity contribution in [3.63, 3.8) is 0 Å². The topological polar surface area (TPSA) is 29.1 Å². The first-order valence-electron chi connectivity index (χ1n) is 6.28. The Labute approximate surface area is 112 Å². The number of nitrogens with one attached hydrogen (secondary N) is 1. The standard InChI is InChI=1S/C14H17ClFNO/c1-9-6-10(8-11(16)7-9)14(18)17-13-5-3-2-4-12(13)15/h6-8,12-13H,2-5H2,1H3,(H,17,18). The van der Waals surface area contributed by atoms with Crippen LogP contribution in [0.25, 0.3) is 0 Å². The Bertz CT molecular complexity index is 429. The second-order valence-electron chi connectivity index (χ2n) is 4.90. The molecule has 1 amide bonds. The van der Waals surface area contributed by atoms with Crippen LogP contribution in [0.2, 0.25) is 0 Å². The maximum atomic E-state index is 13.2. The van der Waals surface area contributed by atoms with Gasteiger partial charge in [0.15, 0.2) is 0 Å². The zero-order chi connectivity index (χ0) is 13.1. The molecule has 2 atom stereocenters. The largest absolute Gasteiger partial charge is 0.348 e. The molecule has 0 heterocycles. The van der Waals surface area contributed by atoms with E-state index >= 15 is 0 Å². The third-order valence-corrected chi connectivity index (χ3v) is 3.82. The summed E-state index contributed by atoms with van der Waals surface area (Å²) in [6, 6.07) is 4.34. The molecule has 0 aliphatic heterocycles. The lowest BCUT2D eigenvalue weighted by atomic mass is 9.94. The van der Waals surface area contributed by atoms with Crippen LogP contribution in [0.1, 0.15) is 41.6 Å². The molecule has 98 valence electrons. The van der Waals surface area contributed by atoms with E-state index in [1.165, 1.54) is 12.1 Å². The third kappa shape index (κ3) is 3.22. The lowest BCUT2D eigenvalue weighted by Gasteiger charge is -2.27. The molecule has 1 aromatic carbocycles. The van der Waals surface area contributed by atoms with E-state index < -0.39 is 0 Å². The van der Waals surface area contributed by atoms with Crippen LogP contribution < -0.4 is 5.32 Å². The Balaban J connectivity index is 2.06. The van der Waals surface area contributed by atoms with Gasteiger partial charge in [0, 0.05) is 11.6 Å². The first kappa shape index (κ1) is 13.3. The maximum absolute atomic E-state index is 13.2. The predicted octanol–water partition coefficient (Wildman–Crippen LogP) is 3.41. The van der Waals surface area contributed by atoms with Crippen LogP contribution in [0.5, 0.6) is 0 Å². The van der Waals surface area contributed by atoms with E-state index in [1.54, 1.807) is 13.0 Å². The van der Waals surface area contributed by atoms with Crippen LogP contribution in [0.3, 0.4) is 0 Å². The van der Waals surface area contributed by atoms with Crippen molar-refractivity contribution < 1.29 is 9.18 Å². The SMILES string of the molecule is Cc1cc(F)cc(C(=O)NC2CCCCC2Cl)c1. The van der Waals surface area contributed by atoms with Crippen molar-refractivity contribution in [2.24, 2.45) is 0 Å². The number of carbonyl (C=O) groups is 1. The molecule has 1 aromatic rings. The van der Waals surface area contributed by atoms with Crippen LogP contribution in [0.15, 0.2) is 18.2 Å². The minimum absolute atomic E-state index is 0.00325. The van der Waals surface area contributed by atoms with Crippen LogP contribution >= 0.6 is 11.6 Å². The molecule has 0 bridgehead atoms. The molecule has 2 unspecified atom stereocenters. The molecule has 1 saturated carbocycles. The molecule has 1 N–H and O–H groups in total. The van der Waals surface area contributed by atoms with Crippen LogP contribution in [0.4, 0.5) is 4.39 Å². The van der Waals surface area contributed by atoms with Gasteiger partial charge in [-0.1, -0.05) is 12.8 Å². The number of carbonyl (C=O) groups excluding carboxylic acids is 1. The van der Waals surface area contributed by atoms with E-state index in [-0.39, 0.29) is 23.1 Å². The minimum atomic E-state index is -0.383. The Morgan fingerprint density at radius 1 is 1.33 bits per heavy atom. The summed E-state index contributed by atoms with van der Waals surface area (Å²) >= 11 is 6.19. The zero-order valence-electron chi connectivity index (χ0n) is 10.4. The summed E-state index contributed by atoms with van der Waals surface area (Å²) in [5.74, 6) is -0.624. The van der Waals surface area contributed by atoms with E-state index in [0.29, 0.717) is 5.56 Å². The number of benzene rings is 1. The van der Waals surface area contributed by atoms with E-state index in [9.17, 15) is 9.18 Å². The van der Waals surface area contributed by atoms with Crippen LogP contribution in [0, 0.1) is 12.7 Å². The Hall–Kier alpha value is -1.09. The summed E-state index contributed by atoms with van der Waals surface area (Å²) < 4.78 is 13.2. The van der Waals surface area contributed by atoms with Gasteiger partial charge in [0.2, 0.25) is 0 Å². The van der Waals surface area contributed by atoms with Crippen LogP contribution in [-0.2, 0) is 0 Å². The monoisotopic (exact) mass is 269 g/mol. The first-order valence-corrected chi connectivity index (χ1v) is 6.72. The zero-order valence-corrected chi connectivity index (χ0v) is 11.1. The van der Waals surface area contributed by atoms with Crippen molar-refractivity contribution >= 4 is 17.5 Å². The summed E-state index contributed by atoms with van der Waals surface area (Å²) in [5.41, 5.74) is 1.10. The van der Waals surface area contributed by atoms with Gasteiger partial charge in [-0.05, 0) is 43.5 Å². The number of amides is 1. The Morgan fingerprint density at radius 2 is 2.06 bits per heavy atom. The number of halogens is 2. The van der Waals surface area contributed by atoms with E-state index in [4.69, 9.17) is 11.6 Å². The first-order chi connectivity index (χ1) is 8.56. The van der Waals surface area contributed by atoms with Crippen molar-refractivity contribution in [3.05, 3.63) is 35.1 Å². The quantitative estimate of drug-likeness (QED) is 0.819. The number of hydrogen-bond acceptors (Lipinski definition) is 1. The van der Waals surface area contributed by atoms with Gasteiger partial charge < -0.3 is 5.32 Å². The molecule has 0 aromatic heterocycles. The lowest BCUT2D eigenvalue weighted by molar-refractivity contribution is 0.0928. The van der Waals surface area contributed by atoms with Gasteiger partial charge in [0.05, 0.1) is 5.38 Å². The van der Waals surface area contributed by atoms with Crippen molar-refractivity contribution in [3.8, 4) is 0 Å². The van der Waals surface area contributed by atoms with Crippen molar-refractivity contribution in [1.82, 2.24) is 5.32 Å². The van der Waals surface area contributed by atoms with E-state index in [0.717, 1.165) is 31.2 Å². The molecule has 2 rings (SSSR count). The third-order valence-electron chi connectivity index (χ3n) is 3.30. The molecule has 1 aliphatic rings. The smallest absolute Gasteiger partial charge is 0.251 e. The van der Waals surface area contributed by atoms with Gasteiger partial charge >= 0.3 is 0 Å². The highest BCUT2D eigenvalue weighted by atomic mass is 35.5. The Morgan fingerprint density at radius 3 is 2.72 bits per heavy atom. The van der Waals surface area contributed by atoms with Gasteiger partial charge in [0.1, 0.15) is 5.82 Å². The van der Waals surface area contributed by atoms with Crippen molar-refractivity contribution in [2.75, 3.05) is 0 Å². The maximum Gasteiger partial charge on any atom is 0.251 e. The predicted molar refractivity (Wildman–Crippen MR) is 70.5 cm³/mol. The number of aryl methyl sites for hydroxylation is 1. The number of alkyl halides is 1. The molecular formula is C14H17ClFNO. The molecular weight excluding hydrogens is 253 g/mol. The summed E-state index contributed by atoms with van der Waals surface area (Å²) in [4.78, 5) is 12.0. The molecule has 4 heteroatoms. The average Bonchev–Trinajstić information content (AvgIpc) is 2.31. The molecule has 18 heavy (non-hydrogen) atoms. The second kappa shape index (κ2) is 5.70. The highest BCUT2D eigenvalue weighted by Crippen LogP contribution is 2.23. The fourth-order valence-corrected chi connectivity index (χ4v) is 2.71. The molecule has 1 aliphatic carbocycles. The Kier molecular flexibility index (Phi) is 4.23. The molecule has 2 nitrogen and oxygen atoms in total. The summed E-state index contributed by atoms with van der Waals surface area (Å²) in [7, 11) is 0. The lowest BCUT2D eigenvalue weighted by Crippen LogP contribution is -2.42. The summed E-state index contributed by atoms with van der Waals surface area (Å²) in [5, 5.41) is 2.89. The van der Waals surface area contributed by atoms with Crippen LogP contribution in [-0.4, -0.2) is 17.3 Å². The fraction of sp³-hybridized carbons (Fsp3) is 0.500.